The molecule has 1 saturated heterocycles. The van der Waals surface area contributed by atoms with Crippen LogP contribution in [0.4, 0.5) is 22.0 Å². The Balaban J connectivity index is 0.000000328. The van der Waals surface area contributed by atoms with Gasteiger partial charge >= 0.3 is 6.43 Å². The van der Waals surface area contributed by atoms with E-state index >= 15 is 0 Å². The third kappa shape index (κ3) is 14.7. The molecule has 1 fully saturated rings. The summed E-state index contributed by atoms with van der Waals surface area (Å²) in [6, 6.07) is 15.1. The zero-order chi connectivity index (χ0) is 47.9. The molecular weight excluding hydrogens is 898 g/mol. The summed E-state index contributed by atoms with van der Waals surface area (Å²) in [4.78, 5) is 13.8. The number of nitrogens with one attached hydrogen (secondary N) is 1. The van der Waals surface area contributed by atoms with Crippen LogP contribution in [0.1, 0.15) is 48.8 Å². The van der Waals surface area contributed by atoms with Crippen LogP contribution in [-0.4, -0.2) is 110 Å². The van der Waals surface area contributed by atoms with Gasteiger partial charge in [-0.3, -0.25) is 9.69 Å². The second kappa shape index (κ2) is 23.5. The van der Waals surface area contributed by atoms with Crippen LogP contribution in [0.3, 0.4) is 0 Å². The summed E-state index contributed by atoms with van der Waals surface area (Å²) in [6.45, 7) is 1.19. The Morgan fingerprint density at radius 2 is 1.16 bits per heavy atom. The standard InChI is InChI=1S/C15H20FN3O2S.C13H14F3N3O3S.C11H14FN3O2S/c1-15(2)19(3)13(9-16)14(21-15)11-5-7-12(8-6-11)22(4,20)18-10-17;1-23(22,18-7-17)9-4-2-8(3-5-9)11(20)10(6-14)19-13(21)12(15)16;1-18(17,15-7-13)9-4-2-8(3-5-9)11(16)10(14)6-12/h5-8,13-14H,9H2,1-4H3;2-5,10-12,20H,6H2,1H3,(H,19,21);2-5,10-11,16H,6,14H2,1H3/t13-,14-,22?;10-,11-,23?;10-,11-,18?/m111/s1. The Morgan fingerprint density at radius 3 is 1.49 bits per heavy atom. The number of nitrogens with two attached hydrogens (primary N) is 1. The maximum absolute atomic E-state index is 13.4. The number of hydrogen-bond donors (Lipinski definition) is 4. The van der Waals surface area contributed by atoms with Crippen molar-refractivity contribution in [1.29, 1.82) is 15.8 Å². The Morgan fingerprint density at radius 1 is 0.778 bits per heavy atom. The number of aliphatic hydroxyl groups excluding tert-OH is 2. The molecule has 0 saturated carbocycles. The fourth-order valence-corrected chi connectivity index (χ4v) is 8.40. The van der Waals surface area contributed by atoms with Crippen molar-refractivity contribution in [3.05, 3.63) is 89.5 Å². The van der Waals surface area contributed by atoms with Crippen LogP contribution in [0, 0.1) is 34.4 Å². The van der Waals surface area contributed by atoms with E-state index in [0.29, 0.717) is 15.4 Å². The fourth-order valence-electron chi connectivity index (χ4n) is 5.70. The highest BCUT2D eigenvalue weighted by molar-refractivity contribution is 7.93. The number of carbonyl (C=O) groups is 1. The number of aliphatic hydroxyl groups is 2. The molecular formula is C39H48F5N9O7S3. The molecule has 0 bridgehead atoms. The lowest BCUT2D eigenvalue weighted by Gasteiger charge is -2.28. The molecule has 0 aromatic heterocycles. The molecule has 24 heteroatoms. The zero-order valence-electron chi connectivity index (χ0n) is 34.8. The molecule has 3 unspecified atom stereocenters. The number of rotatable bonds is 13. The third-order valence-corrected chi connectivity index (χ3v) is 14.3. The Bertz CT molecular complexity index is 2530. The number of alkyl halides is 5. The first-order valence-corrected chi connectivity index (χ1v) is 24.0. The molecule has 0 aliphatic carbocycles. The van der Waals surface area contributed by atoms with Gasteiger partial charge in [0.2, 0.25) is 18.6 Å². The highest BCUT2D eigenvalue weighted by Gasteiger charge is 2.45. The second-order valence-corrected chi connectivity index (χ2v) is 21.1. The Labute approximate surface area is 364 Å². The molecule has 3 aromatic carbocycles. The third-order valence-electron chi connectivity index (χ3n) is 9.54. The molecule has 344 valence electrons. The van der Waals surface area contributed by atoms with Crippen molar-refractivity contribution >= 4 is 35.1 Å². The predicted molar refractivity (Wildman–Crippen MR) is 224 cm³/mol. The van der Waals surface area contributed by atoms with Gasteiger partial charge in [0, 0.05) is 33.5 Å². The molecule has 3 aromatic rings. The highest BCUT2D eigenvalue weighted by Crippen LogP contribution is 2.40. The first kappa shape index (κ1) is 54.0. The maximum atomic E-state index is 13.4. The van der Waals surface area contributed by atoms with Crippen LogP contribution in [0.5, 0.6) is 0 Å². The van der Waals surface area contributed by atoms with E-state index < -0.39 is 91.6 Å². The number of nitriles is 3. The quantitative estimate of drug-likeness (QED) is 0.130. The Kier molecular flexibility index (Phi) is 20.2. The minimum atomic E-state index is -3.32. The summed E-state index contributed by atoms with van der Waals surface area (Å²) >= 11 is 0. The molecule has 1 amide bonds. The van der Waals surface area contributed by atoms with Crippen LogP contribution < -0.4 is 11.1 Å². The van der Waals surface area contributed by atoms with Crippen LogP contribution in [0.25, 0.3) is 0 Å². The average Bonchev–Trinajstić information content (AvgIpc) is 3.49. The molecule has 1 aliphatic rings. The lowest BCUT2D eigenvalue weighted by molar-refractivity contribution is -0.133. The van der Waals surface area contributed by atoms with E-state index in [1.807, 2.05) is 25.8 Å². The van der Waals surface area contributed by atoms with Gasteiger partial charge in [0.15, 0.2) is 0 Å². The summed E-state index contributed by atoms with van der Waals surface area (Å²) in [5, 5.41) is 46.8. The van der Waals surface area contributed by atoms with Gasteiger partial charge < -0.3 is 26.0 Å². The van der Waals surface area contributed by atoms with Gasteiger partial charge in [0.25, 0.3) is 5.91 Å². The molecule has 1 aliphatic heterocycles. The highest BCUT2D eigenvalue weighted by atomic mass is 32.2. The minimum Gasteiger partial charge on any atom is -0.387 e. The number of benzene rings is 3. The van der Waals surface area contributed by atoms with Gasteiger partial charge in [-0.1, -0.05) is 36.4 Å². The molecule has 5 N–H and O–H groups in total. The summed E-state index contributed by atoms with van der Waals surface area (Å²) in [6.07, 6.45) is 2.11. The van der Waals surface area contributed by atoms with E-state index in [4.69, 9.17) is 26.3 Å². The number of hydrogen-bond acceptors (Lipinski definition) is 15. The van der Waals surface area contributed by atoms with E-state index in [1.54, 1.807) is 35.8 Å². The number of halogens is 5. The molecule has 0 radical (unpaired) electrons. The van der Waals surface area contributed by atoms with Crippen LogP contribution in [-0.2, 0) is 38.7 Å². The van der Waals surface area contributed by atoms with Crippen LogP contribution in [0.2, 0.25) is 0 Å². The lowest BCUT2D eigenvalue weighted by Crippen LogP contribution is -2.43. The van der Waals surface area contributed by atoms with Gasteiger partial charge in [-0.25, -0.2) is 25.8 Å². The van der Waals surface area contributed by atoms with Crippen LogP contribution in [0.15, 0.2) is 101 Å². The molecule has 63 heavy (non-hydrogen) atoms. The van der Waals surface area contributed by atoms with E-state index in [9.17, 15) is 49.6 Å². The van der Waals surface area contributed by atoms with Gasteiger partial charge in [-0.15, -0.1) is 13.1 Å². The fraction of sp³-hybridized carbons (Fsp3) is 0.436. The van der Waals surface area contributed by atoms with Crippen LogP contribution >= 0.6 is 0 Å². The van der Waals surface area contributed by atoms with E-state index in [-0.39, 0.29) is 22.6 Å². The largest absolute Gasteiger partial charge is 0.387 e. The molecule has 1 heterocycles. The van der Waals surface area contributed by atoms with Gasteiger partial charge in [0.1, 0.15) is 38.0 Å². The van der Waals surface area contributed by atoms with Crippen molar-refractivity contribution in [1.82, 2.24) is 10.2 Å². The number of amides is 1. The second-order valence-electron chi connectivity index (χ2n) is 14.3. The minimum absolute atomic E-state index is 0.123. The molecule has 0 spiro atoms. The summed E-state index contributed by atoms with van der Waals surface area (Å²) < 4.78 is 115. The summed E-state index contributed by atoms with van der Waals surface area (Å²) in [7, 11) is -6.55. The number of likely N-dealkylation sites (N-methyl/N-ethyl adjacent to an activating group) is 1. The predicted octanol–water partition coefficient (Wildman–Crippen LogP) is 5.03. The van der Waals surface area contributed by atoms with Crippen molar-refractivity contribution in [3.8, 4) is 18.6 Å². The molecule has 4 rings (SSSR count). The first-order valence-electron chi connectivity index (χ1n) is 18.3. The number of carbonyl (C=O) groups excluding carboxylic acids is 1. The molecule has 9 atom stereocenters. The van der Waals surface area contributed by atoms with Crippen molar-refractivity contribution in [3.63, 3.8) is 0 Å². The monoisotopic (exact) mass is 945 g/mol. The van der Waals surface area contributed by atoms with Crippen molar-refractivity contribution in [2.24, 2.45) is 18.8 Å². The van der Waals surface area contributed by atoms with Crippen molar-refractivity contribution in [2.75, 3.05) is 45.8 Å². The van der Waals surface area contributed by atoms with E-state index in [2.05, 4.69) is 13.1 Å². The topological polar surface area (TPSA) is 268 Å². The Hall–Kier alpha value is -5.10. The number of nitrogens with zero attached hydrogens (tertiary/aromatic N) is 7. The first-order chi connectivity index (χ1) is 29.4. The summed E-state index contributed by atoms with van der Waals surface area (Å²) in [5.74, 6) is -1.69. The van der Waals surface area contributed by atoms with Crippen molar-refractivity contribution < 1.29 is 54.3 Å². The normalized spacial score (nSPS) is 20.3. The van der Waals surface area contributed by atoms with Crippen molar-refractivity contribution in [2.45, 2.75) is 77.1 Å². The van der Waals surface area contributed by atoms with E-state index in [1.165, 1.54) is 79.7 Å². The SMILES string of the molecule is CN1[C@H](CF)[C@@H](c2ccc(S(C)(=O)=NC#N)cc2)OC1(C)C.CS(=O)(=NC#N)c1ccc([C@@H](O)[C@@H](CF)NC(=O)C(F)F)cc1.CS(=O)(=NC#N)c1ccc([C@@H](O)[C@H](N)CF)cc1. The molecule has 16 nitrogen and oxygen atoms in total. The average molecular weight is 946 g/mol. The lowest BCUT2D eigenvalue weighted by atomic mass is 10.0. The van der Waals surface area contributed by atoms with E-state index in [0.717, 1.165) is 5.56 Å². The number of ether oxygens (including phenoxy) is 1. The smallest absolute Gasteiger partial charge is 0.315 e. The van der Waals surface area contributed by atoms with Gasteiger partial charge in [-0.2, -0.15) is 24.6 Å². The van der Waals surface area contributed by atoms with Gasteiger partial charge in [0.05, 0.1) is 53.4 Å². The maximum Gasteiger partial charge on any atom is 0.315 e. The van der Waals surface area contributed by atoms with Gasteiger partial charge in [-0.05, 0) is 74.0 Å². The summed E-state index contributed by atoms with van der Waals surface area (Å²) in [5.41, 5.74) is 6.20. The zero-order valence-corrected chi connectivity index (χ0v) is 37.3.